The summed E-state index contributed by atoms with van der Waals surface area (Å²) in [6.45, 7) is 6.47. The van der Waals surface area contributed by atoms with Crippen molar-refractivity contribution >= 4 is 27.6 Å². The second-order valence-corrected chi connectivity index (χ2v) is 10.3. The normalized spacial score (nSPS) is 12.6. The summed E-state index contributed by atoms with van der Waals surface area (Å²) in [5.74, 6) is 0. The lowest BCUT2D eigenvalue weighted by Gasteiger charge is -2.24. The predicted molar refractivity (Wildman–Crippen MR) is 123 cm³/mol. The topological polar surface area (TPSA) is 109 Å². The van der Waals surface area contributed by atoms with Crippen molar-refractivity contribution < 1.29 is 27.4 Å². The number of alkyl halides is 3. The zero-order valence-electron chi connectivity index (χ0n) is 20.1. The average Bonchev–Trinajstić information content (AvgIpc) is 3.02. The van der Waals surface area contributed by atoms with Gasteiger partial charge >= 0.3 is 17.9 Å². The zero-order valence-corrected chi connectivity index (χ0v) is 20.9. The fourth-order valence-corrected chi connectivity index (χ4v) is 4.80. The van der Waals surface area contributed by atoms with Crippen LogP contribution in [0.1, 0.15) is 37.6 Å². The molecule has 0 aliphatic carbocycles. The van der Waals surface area contributed by atoms with E-state index in [1.165, 1.54) is 19.1 Å². The fraction of sp³-hybridized carbons (Fsp3) is 0.667. The van der Waals surface area contributed by atoms with Gasteiger partial charge in [0.15, 0.2) is 6.29 Å². The highest BCUT2D eigenvalue weighted by Crippen LogP contribution is 2.30. The SMILES string of the molecule is COC(CN(Cc1sc2c(c1C)c(=O)n(CC(C)(C)C)c(=O)n2CCC(F)(F)F)C(N)=O)OC. The van der Waals surface area contributed by atoms with Crippen LogP contribution in [0.5, 0.6) is 0 Å². The number of thiophene rings is 1. The minimum atomic E-state index is -4.48. The van der Waals surface area contributed by atoms with Crippen LogP contribution in [0, 0.1) is 12.3 Å². The molecule has 34 heavy (non-hydrogen) atoms. The number of carbonyl (C=O) groups excluding carboxylic acids is 1. The van der Waals surface area contributed by atoms with Gasteiger partial charge in [0.25, 0.3) is 5.56 Å². The Morgan fingerprint density at radius 1 is 1.15 bits per heavy atom. The lowest BCUT2D eigenvalue weighted by atomic mass is 9.97. The summed E-state index contributed by atoms with van der Waals surface area (Å²) >= 11 is 0.995. The Labute approximate surface area is 198 Å². The number of hydrogen-bond acceptors (Lipinski definition) is 6. The summed E-state index contributed by atoms with van der Waals surface area (Å²) < 4.78 is 51.2. The Kier molecular flexibility index (Phi) is 8.59. The smallest absolute Gasteiger partial charge is 0.354 e. The van der Waals surface area contributed by atoms with Crippen molar-refractivity contribution in [3.63, 3.8) is 0 Å². The van der Waals surface area contributed by atoms with E-state index in [9.17, 15) is 27.6 Å². The lowest BCUT2D eigenvalue weighted by molar-refractivity contribution is -0.136. The van der Waals surface area contributed by atoms with Gasteiger partial charge in [-0.15, -0.1) is 11.3 Å². The molecule has 2 aromatic heterocycles. The van der Waals surface area contributed by atoms with Crippen LogP contribution in [0.15, 0.2) is 9.59 Å². The van der Waals surface area contributed by atoms with E-state index in [2.05, 4.69) is 0 Å². The number of halogens is 3. The molecule has 0 bridgehead atoms. The van der Waals surface area contributed by atoms with Gasteiger partial charge in [-0.2, -0.15) is 13.2 Å². The minimum Gasteiger partial charge on any atom is -0.354 e. The largest absolute Gasteiger partial charge is 0.390 e. The van der Waals surface area contributed by atoms with Gasteiger partial charge in [-0.05, 0) is 17.9 Å². The van der Waals surface area contributed by atoms with Crippen molar-refractivity contribution in [2.24, 2.45) is 11.1 Å². The van der Waals surface area contributed by atoms with Crippen molar-refractivity contribution in [2.75, 3.05) is 20.8 Å². The third kappa shape index (κ3) is 6.60. The number of hydrogen-bond donors (Lipinski definition) is 1. The van der Waals surface area contributed by atoms with Crippen LogP contribution in [0.3, 0.4) is 0 Å². The van der Waals surface area contributed by atoms with Gasteiger partial charge < -0.3 is 20.1 Å². The zero-order chi connectivity index (χ0) is 26.0. The highest BCUT2D eigenvalue weighted by atomic mass is 32.1. The molecule has 2 N–H and O–H groups in total. The van der Waals surface area contributed by atoms with Crippen molar-refractivity contribution in [1.82, 2.24) is 14.0 Å². The van der Waals surface area contributed by atoms with Crippen LogP contribution < -0.4 is 17.0 Å². The Morgan fingerprint density at radius 2 is 1.74 bits per heavy atom. The van der Waals surface area contributed by atoms with Gasteiger partial charge in [0.05, 0.1) is 24.9 Å². The van der Waals surface area contributed by atoms with Crippen LogP contribution in [-0.4, -0.2) is 53.3 Å². The average molecular weight is 509 g/mol. The fourth-order valence-electron chi connectivity index (χ4n) is 3.47. The Hall–Kier alpha value is -2.38. The van der Waals surface area contributed by atoms with Crippen molar-refractivity contribution in [1.29, 1.82) is 0 Å². The molecule has 0 saturated carbocycles. The van der Waals surface area contributed by atoms with Gasteiger partial charge in [0.1, 0.15) is 4.83 Å². The molecule has 0 saturated heterocycles. The molecule has 0 fully saturated rings. The molecular weight excluding hydrogens is 477 g/mol. The molecular formula is C21H31F3N4O5S. The van der Waals surface area contributed by atoms with Gasteiger partial charge in [-0.3, -0.25) is 13.9 Å². The molecule has 9 nitrogen and oxygen atoms in total. The Morgan fingerprint density at radius 3 is 2.21 bits per heavy atom. The van der Waals surface area contributed by atoms with Crippen LogP contribution in [0.2, 0.25) is 0 Å². The van der Waals surface area contributed by atoms with Crippen molar-refractivity contribution in [3.8, 4) is 0 Å². The molecule has 0 aliphatic rings. The number of amides is 2. The number of urea groups is 1. The maximum atomic E-state index is 13.3. The number of rotatable bonds is 9. The first kappa shape index (κ1) is 27.9. The molecule has 0 radical (unpaired) electrons. The molecule has 192 valence electrons. The number of aryl methyl sites for hydroxylation is 2. The predicted octanol–water partition coefficient (Wildman–Crippen LogP) is 3.03. The number of ether oxygens (including phenoxy) is 2. The summed E-state index contributed by atoms with van der Waals surface area (Å²) in [7, 11) is 2.80. The van der Waals surface area contributed by atoms with Crippen LogP contribution in [0.4, 0.5) is 18.0 Å². The van der Waals surface area contributed by atoms with E-state index < -0.39 is 48.1 Å². The lowest BCUT2D eigenvalue weighted by Crippen LogP contribution is -2.42. The highest BCUT2D eigenvalue weighted by molar-refractivity contribution is 7.18. The summed E-state index contributed by atoms with van der Waals surface area (Å²) in [4.78, 5) is 40.3. The van der Waals surface area contributed by atoms with E-state index in [0.717, 1.165) is 20.5 Å². The van der Waals surface area contributed by atoms with Gasteiger partial charge in [0, 0.05) is 32.2 Å². The monoisotopic (exact) mass is 508 g/mol. The van der Waals surface area contributed by atoms with Crippen LogP contribution in [-0.2, 0) is 29.1 Å². The quantitative estimate of drug-likeness (QED) is 0.524. The first-order chi connectivity index (χ1) is 15.6. The molecule has 13 heteroatoms. The second kappa shape index (κ2) is 10.5. The second-order valence-electron chi connectivity index (χ2n) is 9.20. The van der Waals surface area contributed by atoms with Gasteiger partial charge in [-0.1, -0.05) is 20.8 Å². The summed E-state index contributed by atoms with van der Waals surface area (Å²) in [6, 6.07) is -0.768. The van der Waals surface area contributed by atoms with E-state index in [1.54, 1.807) is 6.92 Å². The van der Waals surface area contributed by atoms with E-state index in [0.29, 0.717) is 10.4 Å². The van der Waals surface area contributed by atoms with Crippen LogP contribution >= 0.6 is 11.3 Å². The molecule has 2 amide bonds. The van der Waals surface area contributed by atoms with Crippen molar-refractivity contribution in [3.05, 3.63) is 31.3 Å². The molecule has 2 aromatic rings. The molecule has 2 rings (SSSR count). The maximum Gasteiger partial charge on any atom is 0.390 e. The molecule has 0 aliphatic heterocycles. The summed E-state index contributed by atoms with van der Waals surface area (Å²) in [6.07, 6.45) is -6.46. The Balaban J connectivity index is 2.69. The van der Waals surface area contributed by atoms with Gasteiger partial charge in [0.2, 0.25) is 0 Å². The number of primary amides is 1. The molecule has 0 spiro atoms. The molecule has 0 unspecified atom stereocenters. The van der Waals surface area contributed by atoms with Gasteiger partial charge in [-0.25, -0.2) is 9.59 Å². The number of fused-ring (bicyclic) bond motifs is 1. The highest BCUT2D eigenvalue weighted by Gasteiger charge is 2.30. The number of aromatic nitrogens is 2. The van der Waals surface area contributed by atoms with E-state index in [4.69, 9.17) is 15.2 Å². The summed E-state index contributed by atoms with van der Waals surface area (Å²) in [5, 5.41) is 0.158. The van der Waals surface area contributed by atoms with E-state index >= 15 is 0 Å². The standard InChI is InChI=1S/C21H31F3N4O5S/c1-12-13(9-26(18(25)30)10-14(32-5)33-6)34-17-15(12)16(29)28(11-20(2,3)4)19(31)27(17)8-7-21(22,23)24/h14H,7-11H2,1-6H3,(H2,25,30). The first-order valence-corrected chi connectivity index (χ1v) is 11.3. The molecule has 0 atom stereocenters. The Bertz CT molecular complexity index is 1140. The third-order valence-electron chi connectivity index (χ3n) is 5.19. The number of carbonyl (C=O) groups is 1. The first-order valence-electron chi connectivity index (χ1n) is 10.5. The van der Waals surface area contributed by atoms with Crippen LogP contribution in [0.25, 0.3) is 10.2 Å². The molecule has 2 heterocycles. The van der Waals surface area contributed by atoms with E-state index in [1.807, 2.05) is 20.8 Å². The molecule has 0 aromatic carbocycles. The number of nitrogens with zero attached hydrogens (tertiary/aromatic N) is 3. The summed E-state index contributed by atoms with van der Waals surface area (Å²) in [5.41, 5.74) is 4.13. The number of nitrogens with two attached hydrogens (primary N) is 1. The third-order valence-corrected chi connectivity index (χ3v) is 6.49. The van der Waals surface area contributed by atoms with E-state index in [-0.39, 0.29) is 29.9 Å². The maximum absolute atomic E-state index is 13.3. The number of methoxy groups -OCH3 is 2. The van der Waals surface area contributed by atoms with Crippen molar-refractivity contribution in [2.45, 2.75) is 66.2 Å². The minimum absolute atomic E-state index is 0.00878.